The van der Waals surface area contributed by atoms with Crippen molar-refractivity contribution in [2.24, 2.45) is 34.4 Å². The second kappa shape index (κ2) is 35.6. The Hall–Kier alpha value is -7.80. The lowest BCUT2D eigenvalue weighted by Gasteiger charge is -2.28. The summed E-state index contributed by atoms with van der Waals surface area (Å²) in [5, 5.41) is 6.91. The molecule has 15 heteroatoms. The Morgan fingerprint density at radius 3 is 0.956 bits per heavy atom. The Bertz CT molecular complexity index is 3370. The maximum atomic E-state index is 13.5. The summed E-state index contributed by atoms with van der Waals surface area (Å²) in [6, 6.07) is 57.9. The summed E-state index contributed by atoms with van der Waals surface area (Å²) in [6.07, 6.45) is 4.50. The van der Waals surface area contributed by atoms with Crippen molar-refractivity contribution in [3.05, 3.63) is 252 Å². The van der Waals surface area contributed by atoms with Crippen molar-refractivity contribution in [1.82, 2.24) is 15.5 Å². The largest absolute Gasteiger partial charge is 0.330 e. The fraction of sp³-hybridized carbons (Fsp3) is 0.280. The first-order valence-corrected chi connectivity index (χ1v) is 30.9. The Morgan fingerprint density at radius 1 is 0.367 bits per heavy atom. The van der Waals surface area contributed by atoms with E-state index in [0.29, 0.717) is 32.7 Å². The van der Waals surface area contributed by atoms with Gasteiger partial charge in [-0.25, -0.2) is 26.3 Å². The average Bonchev–Trinajstić information content (AvgIpc) is 2.10. The molecule has 0 aromatic heterocycles. The van der Waals surface area contributed by atoms with Gasteiger partial charge in [-0.2, -0.15) is 0 Å². The SMILES string of the molecule is CC(C)(CNC[C@@H](N)CCCN)c1cc(-c2ccc(F)cc2)cc(-c2ccc(F)cc2)c1.NCCC[C@H](N)CNCCc1cc(-c2ccc(F)cc2)cc(-c2ccc(F)cc2)c1.NCCN(CCN)Cc1cc(-c2ccc(F)cc2)cc(-c2ccc(F)cc2)c1. The van der Waals surface area contributed by atoms with Gasteiger partial charge in [0.05, 0.1) is 0 Å². The molecule has 474 valence electrons. The van der Waals surface area contributed by atoms with Gasteiger partial charge in [-0.05, 0) is 238 Å². The van der Waals surface area contributed by atoms with Crippen molar-refractivity contribution in [3.63, 3.8) is 0 Å². The van der Waals surface area contributed by atoms with Crippen molar-refractivity contribution in [1.29, 1.82) is 0 Å². The molecule has 0 bridgehead atoms. The molecule has 9 aromatic rings. The van der Waals surface area contributed by atoms with Gasteiger partial charge in [0.1, 0.15) is 34.9 Å². The van der Waals surface area contributed by atoms with E-state index in [1.54, 1.807) is 72.8 Å². The molecule has 14 N–H and O–H groups in total. The van der Waals surface area contributed by atoms with Crippen LogP contribution in [0.4, 0.5) is 26.3 Å². The van der Waals surface area contributed by atoms with Crippen molar-refractivity contribution < 1.29 is 26.3 Å². The molecule has 0 fully saturated rings. The van der Waals surface area contributed by atoms with Crippen molar-refractivity contribution >= 4 is 0 Å². The van der Waals surface area contributed by atoms with Gasteiger partial charge in [0.2, 0.25) is 0 Å². The zero-order chi connectivity index (χ0) is 64.4. The predicted molar refractivity (Wildman–Crippen MR) is 360 cm³/mol. The number of benzene rings is 9. The maximum absolute atomic E-state index is 13.5. The summed E-state index contributed by atoms with van der Waals surface area (Å²) in [6.45, 7) is 12.0. The lowest BCUT2D eigenvalue weighted by Crippen LogP contribution is -2.40. The van der Waals surface area contributed by atoms with Crippen molar-refractivity contribution in [2.45, 2.75) is 70.0 Å². The van der Waals surface area contributed by atoms with Crippen LogP contribution < -0.4 is 45.0 Å². The van der Waals surface area contributed by atoms with E-state index in [0.717, 1.165) is 155 Å². The molecule has 0 saturated carbocycles. The highest BCUT2D eigenvalue weighted by atomic mass is 19.1. The monoisotopic (exact) mass is 1230 g/mol. The van der Waals surface area contributed by atoms with Gasteiger partial charge in [0.15, 0.2) is 0 Å². The third kappa shape index (κ3) is 22.3. The first-order chi connectivity index (χ1) is 43.4. The smallest absolute Gasteiger partial charge is 0.123 e. The molecular formula is C75H87F6N9. The lowest BCUT2D eigenvalue weighted by atomic mass is 9.81. The first-order valence-electron chi connectivity index (χ1n) is 30.9. The maximum Gasteiger partial charge on any atom is 0.123 e. The van der Waals surface area contributed by atoms with Crippen LogP contribution in [0.2, 0.25) is 0 Å². The molecular weight excluding hydrogens is 1140 g/mol. The van der Waals surface area contributed by atoms with Crippen LogP contribution in [-0.4, -0.2) is 82.4 Å². The van der Waals surface area contributed by atoms with Crippen LogP contribution in [-0.2, 0) is 18.4 Å². The summed E-state index contributed by atoms with van der Waals surface area (Å²) in [5.41, 5.74) is 49.6. The lowest BCUT2D eigenvalue weighted by molar-refractivity contribution is 0.281. The topological polar surface area (TPSA) is 183 Å². The average molecular weight is 1230 g/mol. The first kappa shape index (κ1) is 69.7. The van der Waals surface area contributed by atoms with Gasteiger partial charge in [0, 0.05) is 69.9 Å². The third-order valence-corrected chi connectivity index (χ3v) is 15.6. The van der Waals surface area contributed by atoms with Gasteiger partial charge in [0.25, 0.3) is 0 Å². The number of nitrogens with one attached hydrogen (secondary N) is 2. The molecule has 0 aliphatic rings. The van der Waals surface area contributed by atoms with E-state index in [2.05, 4.69) is 77.9 Å². The summed E-state index contributed by atoms with van der Waals surface area (Å²) >= 11 is 0. The van der Waals surface area contributed by atoms with E-state index >= 15 is 0 Å². The third-order valence-electron chi connectivity index (χ3n) is 15.6. The number of halogens is 6. The fourth-order valence-corrected chi connectivity index (χ4v) is 10.5. The fourth-order valence-electron chi connectivity index (χ4n) is 10.5. The molecule has 0 unspecified atom stereocenters. The van der Waals surface area contributed by atoms with E-state index in [1.165, 1.54) is 72.8 Å². The van der Waals surface area contributed by atoms with E-state index in [9.17, 15) is 26.3 Å². The van der Waals surface area contributed by atoms with Gasteiger partial charge in [-0.1, -0.05) is 111 Å². The Balaban J connectivity index is 0.000000192. The highest BCUT2D eigenvalue weighted by Gasteiger charge is 2.23. The Labute approximate surface area is 527 Å². The van der Waals surface area contributed by atoms with E-state index in [1.807, 2.05) is 6.07 Å². The highest BCUT2D eigenvalue weighted by molar-refractivity contribution is 5.77. The zero-order valence-corrected chi connectivity index (χ0v) is 51.7. The van der Waals surface area contributed by atoms with Gasteiger partial charge in [-0.3, -0.25) is 4.90 Å². The minimum Gasteiger partial charge on any atom is -0.330 e. The highest BCUT2D eigenvalue weighted by Crippen LogP contribution is 2.35. The van der Waals surface area contributed by atoms with Gasteiger partial charge < -0.3 is 45.0 Å². The standard InChI is InChI=1S/C27H33F2N3.C25H29F2N3.C23H25F2N3/c1-27(2,18-32-17-26(31)4-3-13-30)23-15-21(19-5-9-24(28)10-6-19)14-22(16-23)20-7-11-25(29)12-8-20;26-23-7-3-19(4-8-23)21-14-18(11-13-30-17-25(29)2-1-12-28)15-22(16-21)20-5-9-24(27)10-6-20;24-22-5-1-18(2-6-22)20-13-17(16-28(11-9-26)12-10-27)14-21(15-20)19-3-7-23(25)8-4-19/h5-12,14-16,26,32H,3-4,13,17-18,30-31H2,1-2H3;3-10,14-16,25,30H,1-2,11-13,17,28-29H2;1-8,13-15H,9-12,16,26-27H2/t26-;25-;/m00./s1. The van der Waals surface area contributed by atoms with Crippen LogP contribution in [0.3, 0.4) is 0 Å². The Morgan fingerprint density at radius 2 is 0.656 bits per heavy atom. The van der Waals surface area contributed by atoms with Crippen molar-refractivity contribution in [2.75, 3.05) is 65.4 Å². The molecule has 9 nitrogen and oxygen atoms in total. The molecule has 0 spiro atoms. The molecule has 0 saturated heterocycles. The molecule has 2 atom stereocenters. The normalized spacial score (nSPS) is 12.0. The van der Waals surface area contributed by atoms with Crippen LogP contribution in [0.25, 0.3) is 66.8 Å². The molecule has 0 radical (unpaired) electrons. The molecule has 0 aliphatic carbocycles. The van der Waals surface area contributed by atoms with Crippen LogP contribution in [0.1, 0.15) is 56.2 Å². The van der Waals surface area contributed by atoms with Gasteiger partial charge in [-0.15, -0.1) is 0 Å². The van der Waals surface area contributed by atoms with E-state index < -0.39 is 0 Å². The van der Waals surface area contributed by atoms with Crippen LogP contribution in [0, 0.1) is 34.9 Å². The summed E-state index contributed by atoms with van der Waals surface area (Å²) < 4.78 is 80.3. The molecule has 9 rings (SSSR count). The molecule has 9 aromatic carbocycles. The number of rotatable bonds is 28. The number of nitrogens with zero attached hydrogens (tertiary/aromatic N) is 1. The quantitative estimate of drug-likeness (QED) is 0.0175. The van der Waals surface area contributed by atoms with Crippen LogP contribution in [0.5, 0.6) is 0 Å². The molecule has 0 amide bonds. The number of hydrogen-bond donors (Lipinski definition) is 8. The van der Waals surface area contributed by atoms with Crippen LogP contribution >= 0.6 is 0 Å². The summed E-state index contributed by atoms with van der Waals surface area (Å²) in [4.78, 5) is 2.21. The molecule has 0 heterocycles. The van der Waals surface area contributed by atoms with Gasteiger partial charge >= 0.3 is 0 Å². The van der Waals surface area contributed by atoms with E-state index in [-0.39, 0.29) is 52.4 Å². The minimum absolute atomic E-state index is 0.0784. The van der Waals surface area contributed by atoms with Crippen molar-refractivity contribution in [3.8, 4) is 66.8 Å². The second-order valence-electron chi connectivity index (χ2n) is 23.4. The zero-order valence-electron chi connectivity index (χ0n) is 51.7. The number of nitrogens with two attached hydrogens (primary N) is 6. The summed E-state index contributed by atoms with van der Waals surface area (Å²) in [5.74, 6) is -1.59. The van der Waals surface area contributed by atoms with E-state index in [4.69, 9.17) is 34.4 Å². The molecule has 0 aliphatic heterocycles. The second-order valence-corrected chi connectivity index (χ2v) is 23.4. The summed E-state index contributed by atoms with van der Waals surface area (Å²) in [7, 11) is 0. The number of hydrogen-bond acceptors (Lipinski definition) is 9. The predicted octanol–water partition coefficient (Wildman–Crippen LogP) is 13.7. The minimum atomic E-state index is -0.268. The molecule has 90 heavy (non-hydrogen) atoms. The Kier molecular flexibility index (Phi) is 27.5. The van der Waals surface area contributed by atoms with Crippen LogP contribution in [0.15, 0.2) is 200 Å².